The second-order valence-corrected chi connectivity index (χ2v) is 2.71. The van der Waals surface area contributed by atoms with E-state index in [0.29, 0.717) is 0 Å². The van der Waals surface area contributed by atoms with Crippen molar-refractivity contribution in [2.45, 2.75) is 20.3 Å². The van der Waals surface area contributed by atoms with E-state index in [-0.39, 0.29) is 0 Å². The Balaban J connectivity index is 0. The van der Waals surface area contributed by atoms with Crippen molar-refractivity contribution in [2.24, 2.45) is 0 Å². The Morgan fingerprint density at radius 2 is 1.77 bits per heavy atom. The molecule has 0 nitrogen and oxygen atoms in total. The molecule has 0 aliphatic rings. The van der Waals surface area contributed by atoms with Crippen LogP contribution in [-0.4, -0.2) is 0 Å². The van der Waals surface area contributed by atoms with Crippen LogP contribution < -0.4 is 0 Å². The lowest BCUT2D eigenvalue weighted by molar-refractivity contribution is 1.22. The van der Waals surface area contributed by atoms with Crippen molar-refractivity contribution in [1.29, 1.82) is 0 Å². The molecule has 0 aliphatic heterocycles. The van der Waals surface area contributed by atoms with Gasteiger partial charge in [0, 0.05) is 0 Å². The fourth-order valence-electron chi connectivity index (χ4n) is 0.672. The van der Waals surface area contributed by atoms with Gasteiger partial charge in [-0.1, -0.05) is 42.0 Å². The molecule has 0 aromatic rings. The normalized spacial score (nSPS) is 10.5. The van der Waals surface area contributed by atoms with Gasteiger partial charge in [-0.3, -0.25) is 0 Å². The lowest BCUT2D eigenvalue weighted by Gasteiger charge is -1.90. The SMILES string of the molecule is C=C.C=CC/C(C)=C/C=C\C(=C)C. The van der Waals surface area contributed by atoms with E-state index < -0.39 is 0 Å². The Kier molecular flexibility index (Phi) is 11.7. The molecule has 0 aromatic heterocycles. The molecule has 0 radical (unpaired) electrons. The van der Waals surface area contributed by atoms with Gasteiger partial charge in [0.2, 0.25) is 0 Å². The van der Waals surface area contributed by atoms with Crippen molar-refractivity contribution in [3.05, 3.63) is 61.8 Å². The van der Waals surface area contributed by atoms with Crippen LogP contribution in [0.1, 0.15) is 20.3 Å². The van der Waals surface area contributed by atoms with E-state index in [1.807, 2.05) is 25.2 Å². The lowest BCUT2D eigenvalue weighted by Crippen LogP contribution is -1.69. The molecule has 0 atom stereocenters. The second-order valence-electron chi connectivity index (χ2n) is 2.71. The first-order valence-corrected chi connectivity index (χ1v) is 4.27. The van der Waals surface area contributed by atoms with Crippen LogP contribution >= 0.6 is 0 Å². The van der Waals surface area contributed by atoms with Gasteiger partial charge in [0.15, 0.2) is 0 Å². The van der Waals surface area contributed by atoms with Crippen molar-refractivity contribution in [1.82, 2.24) is 0 Å². The molecule has 0 fully saturated rings. The van der Waals surface area contributed by atoms with Crippen LogP contribution in [-0.2, 0) is 0 Å². The minimum absolute atomic E-state index is 0.959. The first-order chi connectivity index (χ1) is 6.16. The van der Waals surface area contributed by atoms with Crippen LogP contribution in [0.2, 0.25) is 0 Å². The number of rotatable bonds is 4. The first-order valence-electron chi connectivity index (χ1n) is 4.27. The first kappa shape index (κ1) is 14.2. The van der Waals surface area contributed by atoms with Crippen LogP contribution in [0.4, 0.5) is 0 Å². The van der Waals surface area contributed by atoms with Gasteiger partial charge in [-0.2, -0.15) is 0 Å². The molecule has 0 N–H and O–H groups in total. The third-order valence-corrected chi connectivity index (χ3v) is 1.23. The second kappa shape index (κ2) is 10.7. The van der Waals surface area contributed by atoms with E-state index in [1.165, 1.54) is 5.57 Å². The van der Waals surface area contributed by atoms with E-state index in [4.69, 9.17) is 0 Å². The topological polar surface area (TPSA) is 0 Å². The summed E-state index contributed by atoms with van der Waals surface area (Å²) >= 11 is 0. The zero-order chi connectivity index (χ0) is 10.7. The van der Waals surface area contributed by atoms with Gasteiger partial charge >= 0.3 is 0 Å². The van der Waals surface area contributed by atoms with Gasteiger partial charge in [0.1, 0.15) is 0 Å². The number of hydrogen-bond acceptors (Lipinski definition) is 0. The Hall–Kier alpha value is -1.30. The summed E-state index contributed by atoms with van der Waals surface area (Å²) < 4.78 is 0. The molecule has 0 saturated heterocycles. The molecule has 0 amide bonds. The minimum atomic E-state index is 0.959. The summed E-state index contributed by atoms with van der Waals surface area (Å²) in [6, 6.07) is 0. The zero-order valence-electron chi connectivity index (χ0n) is 8.84. The Labute approximate surface area is 82.7 Å². The molecule has 0 heteroatoms. The maximum Gasteiger partial charge on any atom is -0.0141 e. The van der Waals surface area contributed by atoms with Crippen LogP contribution in [0.15, 0.2) is 61.8 Å². The predicted octanol–water partition coefficient (Wildman–Crippen LogP) is 4.44. The maximum atomic E-state index is 3.76. The molecular weight excluding hydrogens is 156 g/mol. The average Bonchev–Trinajstić information content (AvgIpc) is 2.08. The van der Waals surface area contributed by atoms with E-state index in [9.17, 15) is 0 Å². The third kappa shape index (κ3) is 13.7. The summed E-state index contributed by atoms with van der Waals surface area (Å²) in [6.07, 6.45) is 8.95. The molecule has 0 rings (SSSR count). The van der Waals surface area contributed by atoms with Gasteiger partial charge in [0.25, 0.3) is 0 Å². The van der Waals surface area contributed by atoms with Gasteiger partial charge in [-0.15, -0.1) is 19.7 Å². The summed E-state index contributed by atoms with van der Waals surface area (Å²) in [5, 5.41) is 0. The summed E-state index contributed by atoms with van der Waals surface area (Å²) in [7, 11) is 0. The maximum absolute atomic E-state index is 3.76. The largest absolute Gasteiger partial charge is 0.106 e. The summed E-state index contributed by atoms with van der Waals surface area (Å²) in [4.78, 5) is 0. The van der Waals surface area contributed by atoms with E-state index >= 15 is 0 Å². The summed E-state index contributed by atoms with van der Waals surface area (Å²) in [5.41, 5.74) is 2.39. The van der Waals surface area contributed by atoms with Crippen LogP contribution in [0.3, 0.4) is 0 Å². The third-order valence-electron chi connectivity index (χ3n) is 1.23. The molecule has 13 heavy (non-hydrogen) atoms. The predicted molar refractivity (Wildman–Crippen MR) is 63.8 cm³/mol. The highest BCUT2D eigenvalue weighted by molar-refractivity contribution is 5.20. The smallest absolute Gasteiger partial charge is 0.0141 e. The molecule has 0 bridgehead atoms. The average molecular weight is 176 g/mol. The van der Waals surface area contributed by atoms with Crippen molar-refractivity contribution in [3.8, 4) is 0 Å². The summed E-state index contributed by atoms with van der Waals surface area (Å²) in [5.74, 6) is 0. The molecular formula is C13H20. The molecule has 0 saturated carbocycles. The standard InChI is InChI=1S/C11H16.C2H4/c1-5-7-11(4)9-6-8-10(2)3;1-2/h5-6,8-9H,1-2,7H2,3-4H3;1-2H2/b8-6-,11-9+;. The zero-order valence-corrected chi connectivity index (χ0v) is 8.84. The highest BCUT2D eigenvalue weighted by atomic mass is 13.9. The Morgan fingerprint density at radius 1 is 1.23 bits per heavy atom. The fourth-order valence-corrected chi connectivity index (χ4v) is 0.672. The molecule has 0 aromatic carbocycles. The van der Waals surface area contributed by atoms with E-state index in [2.05, 4.69) is 39.3 Å². The van der Waals surface area contributed by atoms with Gasteiger partial charge in [-0.25, -0.2) is 0 Å². The monoisotopic (exact) mass is 176 g/mol. The van der Waals surface area contributed by atoms with Crippen molar-refractivity contribution in [3.63, 3.8) is 0 Å². The van der Waals surface area contributed by atoms with Crippen LogP contribution in [0.5, 0.6) is 0 Å². The lowest BCUT2D eigenvalue weighted by atomic mass is 10.2. The van der Waals surface area contributed by atoms with Crippen molar-refractivity contribution in [2.75, 3.05) is 0 Å². The fraction of sp³-hybridized carbons (Fsp3) is 0.231. The molecule has 0 unspecified atom stereocenters. The van der Waals surface area contributed by atoms with E-state index in [1.54, 1.807) is 0 Å². The van der Waals surface area contributed by atoms with Crippen molar-refractivity contribution < 1.29 is 0 Å². The van der Waals surface area contributed by atoms with Gasteiger partial charge < -0.3 is 0 Å². The quantitative estimate of drug-likeness (QED) is 0.438. The molecule has 0 spiro atoms. The Morgan fingerprint density at radius 3 is 2.15 bits per heavy atom. The number of allylic oxidation sites excluding steroid dienone is 6. The summed E-state index contributed by atoms with van der Waals surface area (Å²) in [6.45, 7) is 17.5. The molecule has 72 valence electrons. The molecule has 0 heterocycles. The molecule has 0 aliphatic carbocycles. The van der Waals surface area contributed by atoms with Crippen LogP contribution in [0, 0.1) is 0 Å². The van der Waals surface area contributed by atoms with Crippen molar-refractivity contribution >= 4 is 0 Å². The van der Waals surface area contributed by atoms with Gasteiger partial charge in [0.05, 0.1) is 0 Å². The van der Waals surface area contributed by atoms with E-state index in [0.717, 1.165) is 12.0 Å². The highest BCUT2D eigenvalue weighted by Gasteiger charge is 1.79. The number of hydrogen-bond donors (Lipinski definition) is 0. The minimum Gasteiger partial charge on any atom is -0.106 e. The van der Waals surface area contributed by atoms with Gasteiger partial charge in [-0.05, 0) is 20.3 Å². The van der Waals surface area contributed by atoms with Crippen LogP contribution in [0.25, 0.3) is 0 Å². The highest BCUT2D eigenvalue weighted by Crippen LogP contribution is 2.00. The Bertz CT molecular complexity index is 204.